The molecule has 1 atom stereocenters. The monoisotopic (exact) mass is 538 g/mol. The zero-order valence-corrected chi connectivity index (χ0v) is 21.4. The molecule has 0 heterocycles. The number of hydrogen-bond donors (Lipinski definition) is 4. The molecule has 0 spiro atoms. The lowest BCUT2D eigenvalue weighted by Crippen LogP contribution is -2.39. The van der Waals surface area contributed by atoms with Crippen LogP contribution < -0.4 is 16.0 Å². The highest BCUT2D eigenvalue weighted by molar-refractivity contribution is 14.0. The van der Waals surface area contributed by atoms with Crippen LogP contribution in [0.5, 0.6) is 0 Å². The minimum Gasteiger partial charge on any atom is -0.387 e. The molecule has 170 valence electrons. The number of benzene rings is 2. The summed E-state index contributed by atoms with van der Waals surface area (Å²) in [6, 6.07) is 15.7. The van der Waals surface area contributed by atoms with E-state index < -0.39 is 6.10 Å². The number of carbonyl (C=O) groups excluding carboxylic acids is 1. The van der Waals surface area contributed by atoms with E-state index in [0.29, 0.717) is 25.6 Å². The molecule has 1 amide bonds. The van der Waals surface area contributed by atoms with E-state index in [1.165, 1.54) is 12.5 Å². The highest BCUT2D eigenvalue weighted by Crippen LogP contribution is 2.23. The van der Waals surface area contributed by atoms with Gasteiger partial charge >= 0.3 is 0 Å². The Morgan fingerprint density at radius 3 is 2.35 bits per heavy atom. The highest BCUT2D eigenvalue weighted by atomic mass is 127. The van der Waals surface area contributed by atoms with Crippen molar-refractivity contribution in [2.24, 2.45) is 4.99 Å². The molecule has 2 aromatic rings. The Balaban J connectivity index is 0.00000480. The van der Waals surface area contributed by atoms with Crippen molar-refractivity contribution in [3.63, 3.8) is 0 Å². The third-order valence-corrected chi connectivity index (χ3v) is 4.64. The second-order valence-corrected chi connectivity index (χ2v) is 8.35. The van der Waals surface area contributed by atoms with Gasteiger partial charge in [-0.3, -0.25) is 4.79 Å². The smallest absolute Gasteiger partial charge is 0.221 e. The Morgan fingerprint density at radius 2 is 1.77 bits per heavy atom. The average Bonchev–Trinajstić information content (AvgIpc) is 2.69. The van der Waals surface area contributed by atoms with Crippen molar-refractivity contribution in [1.82, 2.24) is 10.6 Å². The van der Waals surface area contributed by atoms with Gasteiger partial charge in [0.15, 0.2) is 5.96 Å². The summed E-state index contributed by atoms with van der Waals surface area (Å²) in [6.45, 7) is 11.5. The first-order valence-corrected chi connectivity index (χ1v) is 10.4. The largest absolute Gasteiger partial charge is 0.387 e. The molecule has 1 unspecified atom stereocenters. The van der Waals surface area contributed by atoms with Crippen LogP contribution >= 0.6 is 24.0 Å². The topological polar surface area (TPSA) is 85.8 Å². The number of amides is 1. The minimum atomic E-state index is -0.633. The van der Waals surface area contributed by atoms with Crippen LogP contribution in [0.1, 0.15) is 57.4 Å². The molecule has 0 aliphatic heterocycles. The molecule has 4 N–H and O–H groups in total. The second kappa shape index (κ2) is 12.7. The van der Waals surface area contributed by atoms with E-state index in [-0.39, 0.29) is 35.3 Å². The molecule has 31 heavy (non-hydrogen) atoms. The third kappa shape index (κ3) is 9.26. The van der Waals surface area contributed by atoms with Crippen LogP contribution in [0.4, 0.5) is 5.69 Å². The molecule has 2 aromatic carbocycles. The number of aliphatic hydroxyl groups is 1. The van der Waals surface area contributed by atoms with E-state index in [2.05, 4.69) is 53.8 Å². The Kier molecular flexibility index (Phi) is 11.0. The quantitative estimate of drug-likeness (QED) is 0.240. The molecule has 0 radical (unpaired) electrons. The average molecular weight is 538 g/mol. The van der Waals surface area contributed by atoms with E-state index in [4.69, 9.17) is 0 Å². The summed E-state index contributed by atoms with van der Waals surface area (Å²) in [5.74, 6) is 0.531. The number of carbonyl (C=O) groups is 1. The first kappa shape index (κ1) is 26.9. The molecule has 2 rings (SSSR count). The molecule has 7 heteroatoms. The van der Waals surface area contributed by atoms with Gasteiger partial charge in [0.25, 0.3) is 0 Å². The minimum absolute atomic E-state index is 0. The van der Waals surface area contributed by atoms with Gasteiger partial charge in [-0.05, 0) is 41.2 Å². The van der Waals surface area contributed by atoms with Gasteiger partial charge in [0.1, 0.15) is 0 Å². The second-order valence-electron chi connectivity index (χ2n) is 8.35. The zero-order chi connectivity index (χ0) is 22.1. The highest BCUT2D eigenvalue weighted by Gasteiger charge is 2.15. The molecule has 0 aliphatic carbocycles. The van der Waals surface area contributed by atoms with E-state index >= 15 is 0 Å². The molecule has 0 saturated heterocycles. The number of hydrogen-bond acceptors (Lipinski definition) is 3. The van der Waals surface area contributed by atoms with Crippen molar-refractivity contribution in [1.29, 1.82) is 0 Å². The predicted molar refractivity (Wildman–Crippen MR) is 139 cm³/mol. The fraction of sp³-hybridized carbons (Fsp3) is 0.417. The summed E-state index contributed by atoms with van der Waals surface area (Å²) in [5.41, 5.74) is 3.93. The fourth-order valence-electron chi connectivity index (χ4n) is 2.98. The van der Waals surface area contributed by atoms with Crippen LogP contribution in [-0.4, -0.2) is 30.1 Å². The molecule has 6 nitrogen and oxygen atoms in total. The van der Waals surface area contributed by atoms with Gasteiger partial charge in [-0.2, -0.15) is 0 Å². The SMILES string of the molecule is CCNC(=NCc1cccc(NC(C)=O)c1)NCC(O)c1ccc(C(C)(C)C)cc1.I. The lowest BCUT2D eigenvalue weighted by Gasteiger charge is -2.20. The number of rotatable bonds is 7. The zero-order valence-electron chi connectivity index (χ0n) is 19.0. The number of guanidine groups is 1. The van der Waals surface area contributed by atoms with Gasteiger partial charge in [0.05, 0.1) is 12.6 Å². The lowest BCUT2D eigenvalue weighted by molar-refractivity contribution is -0.114. The number of nitrogens with zero attached hydrogens (tertiary/aromatic N) is 1. The van der Waals surface area contributed by atoms with Crippen molar-refractivity contribution in [2.75, 3.05) is 18.4 Å². The van der Waals surface area contributed by atoms with Crippen molar-refractivity contribution in [2.45, 2.75) is 52.7 Å². The van der Waals surface area contributed by atoms with Gasteiger partial charge in [-0.25, -0.2) is 4.99 Å². The molecule has 0 saturated carbocycles. The van der Waals surface area contributed by atoms with Crippen LogP contribution in [0.2, 0.25) is 0 Å². The number of halogens is 1. The third-order valence-electron chi connectivity index (χ3n) is 4.64. The van der Waals surface area contributed by atoms with Gasteiger partial charge in [-0.15, -0.1) is 24.0 Å². The molecular weight excluding hydrogens is 503 g/mol. The molecule has 0 aliphatic rings. The van der Waals surface area contributed by atoms with E-state index in [0.717, 1.165) is 16.8 Å². The molecule has 0 fully saturated rings. The lowest BCUT2D eigenvalue weighted by atomic mass is 9.86. The molecular formula is C24H35IN4O2. The number of nitrogens with one attached hydrogen (secondary N) is 3. The van der Waals surface area contributed by atoms with Crippen LogP contribution in [0.25, 0.3) is 0 Å². The predicted octanol–water partition coefficient (Wildman–Crippen LogP) is 4.35. The molecule has 0 aromatic heterocycles. The van der Waals surface area contributed by atoms with Crippen LogP contribution in [-0.2, 0) is 16.8 Å². The maximum Gasteiger partial charge on any atom is 0.221 e. The Labute approximate surface area is 203 Å². The fourth-order valence-corrected chi connectivity index (χ4v) is 2.98. The van der Waals surface area contributed by atoms with E-state index in [1.807, 2.05) is 43.3 Å². The summed E-state index contributed by atoms with van der Waals surface area (Å²) in [5, 5.41) is 19.7. The van der Waals surface area contributed by atoms with Crippen molar-refractivity contribution in [3.8, 4) is 0 Å². The van der Waals surface area contributed by atoms with Crippen molar-refractivity contribution < 1.29 is 9.90 Å². The van der Waals surface area contributed by atoms with Crippen LogP contribution in [0.3, 0.4) is 0 Å². The van der Waals surface area contributed by atoms with Gasteiger partial charge in [0.2, 0.25) is 5.91 Å². The van der Waals surface area contributed by atoms with E-state index in [9.17, 15) is 9.90 Å². The summed E-state index contributed by atoms with van der Waals surface area (Å²) in [6.07, 6.45) is -0.633. The van der Waals surface area contributed by atoms with Crippen LogP contribution in [0, 0.1) is 0 Å². The summed E-state index contributed by atoms with van der Waals surface area (Å²) in [7, 11) is 0. The molecule has 0 bridgehead atoms. The summed E-state index contributed by atoms with van der Waals surface area (Å²) >= 11 is 0. The Bertz CT molecular complexity index is 861. The maximum absolute atomic E-state index is 11.2. The first-order valence-electron chi connectivity index (χ1n) is 10.4. The Hall–Kier alpha value is -2.13. The normalized spacial score (nSPS) is 12.5. The van der Waals surface area contributed by atoms with Crippen molar-refractivity contribution >= 4 is 41.5 Å². The van der Waals surface area contributed by atoms with E-state index in [1.54, 1.807) is 0 Å². The summed E-state index contributed by atoms with van der Waals surface area (Å²) < 4.78 is 0. The Morgan fingerprint density at radius 1 is 1.10 bits per heavy atom. The number of aliphatic hydroxyl groups excluding tert-OH is 1. The summed E-state index contributed by atoms with van der Waals surface area (Å²) in [4.78, 5) is 15.8. The number of anilines is 1. The van der Waals surface area contributed by atoms with Gasteiger partial charge in [-0.1, -0.05) is 57.2 Å². The van der Waals surface area contributed by atoms with Gasteiger partial charge in [0, 0.05) is 25.7 Å². The van der Waals surface area contributed by atoms with Crippen molar-refractivity contribution in [3.05, 3.63) is 65.2 Å². The maximum atomic E-state index is 11.2. The number of aliphatic imine (C=N–C) groups is 1. The first-order chi connectivity index (χ1) is 14.2. The van der Waals surface area contributed by atoms with Crippen LogP contribution in [0.15, 0.2) is 53.5 Å². The van der Waals surface area contributed by atoms with Gasteiger partial charge < -0.3 is 21.1 Å². The standard InChI is InChI=1S/C24H34N4O2.HI/c1-6-25-23(26-15-18-8-7-9-21(14-18)28-17(2)29)27-16-22(30)19-10-12-20(13-11-19)24(3,4)5;/h7-14,22,30H,6,15-16H2,1-5H3,(H,28,29)(H2,25,26,27);1H.